The molecule has 6 amide bonds. The molecular formula is C51H76N6O3. The molecule has 2 saturated heterocycles. The molecular weight excluding hydrogens is 745 g/mol. The van der Waals surface area contributed by atoms with E-state index in [2.05, 4.69) is 50.4 Å². The number of benzene rings is 1. The van der Waals surface area contributed by atoms with Crippen LogP contribution in [-0.2, 0) is 6.42 Å². The summed E-state index contributed by atoms with van der Waals surface area (Å²) in [6.45, 7) is 3.89. The van der Waals surface area contributed by atoms with Crippen LogP contribution in [0.1, 0.15) is 152 Å². The van der Waals surface area contributed by atoms with E-state index in [9.17, 15) is 14.4 Å². The van der Waals surface area contributed by atoms with Gasteiger partial charge in [0, 0.05) is 44.3 Å². The fourth-order valence-electron chi connectivity index (χ4n) is 17.0. The molecule has 0 radical (unpaired) electrons. The number of hydrogen-bond acceptors (Lipinski definition) is 3. The minimum absolute atomic E-state index is 0.0594. The van der Waals surface area contributed by atoms with Crippen LogP contribution in [0.2, 0.25) is 0 Å². The number of piperidine rings is 1. The zero-order chi connectivity index (χ0) is 40.3. The van der Waals surface area contributed by atoms with E-state index in [-0.39, 0.29) is 24.1 Å². The Morgan fingerprint density at radius 1 is 0.433 bits per heavy atom. The van der Waals surface area contributed by atoms with Crippen molar-refractivity contribution in [1.29, 1.82) is 0 Å². The molecule has 9 nitrogen and oxygen atoms in total. The van der Waals surface area contributed by atoms with Gasteiger partial charge in [-0.1, -0.05) is 24.3 Å². The highest BCUT2D eigenvalue weighted by atomic mass is 16.2. The quantitative estimate of drug-likeness (QED) is 0.243. The van der Waals surface area contributed by atoms with E-state index in [1.54, 1.807) is 0 Å². The number of amides is 6. The minimum Gasteiger partial charge on any atom is -0.335 e. The largest absolute Gasteiger partial charge is 0.335 e. The molecule has 13 aliphatic carbocycles. The van der Waals surface area contributed by atoms with Crippen molar-refractivity contribution in [2.24, 2.45) is 71.0 Å². The average Bonchev–Trinajstić information content (AvgIpc) is 3.93. The highest BCUT2D eigenvalue weighted by molar-refractivity contribution is 5.76. The summed E-state index contributed by atoms with van der Waals surface area (Å²) in [5.74, 6) is 10.6. The molecule has 16 rings (SSSR count). The number of carbonyl (C=O) groups is 3. The van der Waals surface area contributed by atoms with Gasteiger partial charge in [-0.05, 0) is 223 Å². The monoisotopic (exact) mass is 821 g/mol. The summed E-state index contributed by atoms with van der Waals surface area (Å²) in [4.78, 5) is 41.3. The van der Waals surface area contributed by atoms with Gasteiger partial charge in [-0.25, -0.2) is 14.4 Å². The van der Waals surface area contributed by atoms with Gasteiger partial charge in [-0.3, -0.25) is 0 Å². The van der Waals surface area contributed by atoms with Crippen LogP contribution in [0.3, 0.4) is 0 Å². The molecule has 14 fully saturated rings. The third kappa shape index (κ3) is 8.19. The van der Waals surface area contributed by atoms with Crippen LogP contribution in [-0.4, -0.2) is 72.2 Å². The van der Waals surface area contributed by atoms with Crippen LogP contribution in [0.5, 0.6) is 0 Å². The fraction of sp³-hybridized carbons (Fsp3) is 0.824. The second-order valence-corrected chi connectivity index (χ2v) is 22.9. The summed E-state index contributed by atoms with van der Waals surface area (Å²) in [7, 11) is 0. The Kier molecular flexibility index (Phi) is 11.3. The molecule has 1 atom stereocenters. The van der Waals surface area contributed by atoms with Crippen LogP contribution in [0.15, 0.2) is 24.3 Å². The number of likely N-dealkylation sites (tertiary alicyclic amines) is 2. The lowest BCUT2D eigenvalue weighted by molar-refractivity contribution is -0.0112. The first-order valence-corrected chi connectivity index (χ1v) is 25.6. The predicted octanol–water partition coefficient (Wildman–Crippen LogP) is 9.42. The Labute approximate surface area is 360 Å². The molecule has 328 valence electrons. The standard InChI is InChI=1S/C20H26N2O.C16H26N2O.C15H24N2O/c23-20(21-18-6-5-14-3-1-2-4-17(14)18)22-19-15-8-12-7-13(10-15)11-16(19)9-12;19-16(18-4-2-1-3-5-18)17-15-13-7-11-6-12(9-13)10-14(15)8-11;18-15(17-3-1-2-4-17)16-14-12-6-10-5-11(8-12)9-13(14)7-10/h1-4,12-13,15-16,18-19H,5-11H2,(H2,21,22,23);11-15H,1-10H2,(H,17,19);10-14H,1-9H2,(H,16,18). The molecule has 1 aromatic rings. The number of nitrogens with one attached hydrogen (secondary N) is 4. The number of urea groups is 3. The van der Waals surface area contributed by atoms with Gasteiger partial charge < -0.3 is 31.1 Å². The van der Waals surface area contributed by atoms with Crippen LogP contribution in [0.4, 0.5) is 14.4 Å². The van der Waals surface area contributed by atoms with E-state index in [1.165, 1.54) is 140 Å². The van der Waals surface area contributed by atoms with E-state index in [0.717, 1.165) is 110 Å². The Morgan fingerprint density at radius 2 is 0.800 bits per heavy atom. The van der Waals surface area contributed by atoms with Crippen LogP contribution in [0.25, 0.3) is 0 Å². The lowest BCUT2D eigenvalue weighted by Gasteiger charge is -2.54. The Morgan fingerprint density at radius 3 is 1.22 bits per heavy atom. The summed E-state index contributed by atoms with van der Waals surface area (Å²) >= 11 is 0. The van der Waals surface area contributed by atoms with E-state index < -0.39 is 0 Å². The summed E-state index contributed by atoms with van der Waals surface area (Å²) in [6.07, 6.45) is 29.1. The number of carbonyl (C=O) groups excluding carboxylic acids is 3. The first-order chi connectivity index (χ1) is 29.3. The normalized spacial score (nSPS) is 43.1. The Hall–Kier alpha value is -2.97. The van der Waals surface area contributed by atoms with Crippen molar-refractivity contribution in [2.75, 3.05) is 26.2 Å². The number of rotatable bonds is 4. The van der Waals surface area contributed by atoms with Gasteiger partial charge in [0.05, 0.1) is 6.04 Å². The Bertz CT molecular complexity index is 1640. The van der Waals surface area contributed by atoms with Gasteiger partial charge in [0.2, 0.25) is 0 Å². The zero-order valence-corrected chi connectivity index (χ0v) is 36.6. The molecule has 0 spiro atoms. The number of fused-ring (bicyclic) bond motifs is 1. The van der Waals surface area contributed by atoms with Crippen LogP contribution < -0.4 is 21.3 Å². The second kappa shape index (κ2) is 17.0. The molecule has 2 aliphatic heterocycles. The lowest BCUT2D eigenvalue weighted by atomic mass is 9.54. The molecule has 0 aromatic heterocycles. The molecule has 15 aliphatic rings. The third-order valence-corrected chi connectivity index (χ3v) is 19.0. The molecule has 12 bridgehead atoms. The number of hydrogen-bond donors (Lipinski definition) is 4. The van der Waals surface area contributed by atoms with Crippen molar-refractivity contribution < 1.29 is 14.4 Å². The van der Waals surface area contributed by atoms with Crippen molar-refractivity contribution in [3.8, 4) is 0 Å². The smallest absolute Gasteiger partial charge is 0.317 e. The summed E-state index contributed by atoms with van der Waals surface area (Å²) in [5.41, 5.74) is 2.71. The highest BCUT2D eigenvalue weighted by Crippen LogP contribution is 2.56. The van der Waals surface area contributed by atoms with E-state index in [1.807, 2.05) is 4.90 Å². The zero-order valence-electron chi connectivity index (χ0n) is 36.6. The number of nitrogens with zero attached hydrogens (tertiary/aromatic N) is 2. The lowest BCUT2D eigenvalue weighted by Crippen LogP contribution is -2.58. The maximum Gasteiger partial charge on any atom is 0.317 e. The van der Waals surface area contributed by atoms with Crippen molar-refractivity contribution in [3.63, 3.8) is 0 Å². The minimum atomic E-state index is 0.0594. The van der Waals surface area contributed by atoms with Gasteiger partial charge in [0.25, 0.3) is 0 Å². The molecule has 60 heavy (non-hydrogen) atoms. The van der Waals surface area contributed by atoms with E-state index in [4.69, 9.17) is 0 Å². The Balaban J connectivity index is 0.000000103. The van der Waals surface area contributed by atoms with Crippen molar-refractivity contribution in [3.05, 3.63) is 35.4 Å². The van der Waals surface area contributed by atoms with Crippen molar-refractivity contribution in [2.45, 2.75) is 165 Å². The van der Waals surface area contributed by atoms with E-state index >= 15 is 0 Å². The maximum absolute atomic E-state index is 12.6. The van der Waals surface area contributed by atoms with Gasteiger partial charge in [0.1, 0.15) is 0 Å². The second-order valence-electron chi connectivity index (χ2n) is 22.9. The van der Waals surface area contributed by atoms with Crippen molar-refractivity contribution in [1.82, 2.24) is 31.1 Å². The summed E-state index contributed by atoms with van der Waals surface area (Å²) in [6, 6.07) is 10.7. The highest BCUT2D eigenvalue weighted by Gasteiger charge is 2.51. The fourth-order valence-corrected chi connectivity index (χ4v) is 17.0. The third-order valence-electron chi connectivity index (χ3n) is 19.0. The van der Waals surface area contributed by atoms with Gasteiger partial charge in [-0.15, -0.1) is 0 Å². The summed E-state index contributed by atoms with van der Waals surface area (Å²) in [5, 5.41) is 13.4. The topological polar surface area (TPSA) is 106 Å². The molecule has 9 heteroatoms. The molecule has 1 aromatic carbocycles. The van der Waals surface area contributed by atoms with Crippen LogP contribution >= 0.6 is 0 Å². The molecule has 4 N–H and O–H groups in total. The number of aryl methyl sites for hydroxylation is 1. The first kappa shape index (κ1) is 39.8. The van der Waals surface area contributed by atoms with Gasteiger partial charge in [-0.2, -0.15) is 0 Å². The van der Waals surface area contributed by atoms with Crippen molar-refractivity contribution >= 4 is 18.1 Å². The first-order valence-electron chi connectivity index (χ1n) is 25.6. The predicted molar refractivity (Wildman–Crippen MR) is 235 cm³/mol. The maximum atomic E-state index is 12.6. The summed E-state index contributed by atoms with van der Waals surface area (Å²) < 4.78 is 0. The average molecular weight is 821 g/mol. The van der Waals surface area contributed by atoms with Gasteiger partial charge >= 0.3 is 18.1 Å². The van der Waals surface area contributed by atoms with E-state index in [0.29, 0.717) is 18.1 Å². The molecule has 2 heterocycles. The SMILES string of the molecule is O=C(NC1C2CC3CC(C2)CC1C3)N1CCCC1.O=C(NC1C2CC3CC(C2)CC1C3)N1CCCCC1.O=C(NC1CCc2ccccc21)NC1C2CC3CC(C2)CC1C3. The van der Waals surface area contributed by atoms with Gasteiger partial charge in [0.15, 0.2) is 0 Å². The molecule has 12 saturated carbocycles. The molecule has 1 unspecified atom stereocenters. The van der Waals surface area contributed by atoms with Crippen LogP contribution in [0, 0.1) is 71.0 Å².